The Bertz CT molecular complexity index is 1760. The molecule has 1 unspecified atom stereocenters. The molecule has 2 atom stereocenters. The summed E-state index contributed by atoms with van der Waals surface area (Å²) in [5, 5.41) is 24.1. The minimum atomic E-state index is -1.30. The summed E-state index contributed by atoms with van der Waals surface area (Å²) in [5.74, 6) is -1.41. The zero-order valence-corrected chi connectivity index (χ0v) is 27.5. The molecule has 0 aliphatic heterocycles. The number of nitro groups is 1. The van der Waals surface area contributed by atoms with Crippen LogP contribution in [0.5, 0.6) is 0 Å². The lowest BCUT2D eigenvalue weighted by Crippen LogP contribution is -2.42. The first-order chi connectivity index (χ1) is 23.9. The number of fused-ring (bicyclic) bond motifs is 3. The maximum atomic E-state index is 13.0. The number of aliphatic carboxylic acids is 1. The molecule has 0 aromatic heterocycles. The summed E-state index contributed by atoms with van der Waals surface area (Å²) < 4.78 is 4.79. The molecule has 0 bridgehead atoms. The van der Waals surface area contributed by atoms with Gasteiger partial charge in [0.1, 0.15) is 12.6 Å². The molecule has 5 aromatic rings. The molecule has 0 radical (unpaired) electrons. The van der Waals surface area contributed by atoms with Crippen LogP contribution in [0.2, 0.25) is 0 Å². The van der Waals surface area contributed by atoms with Gasteiger partial charge in [-0.3, -0.25) is 10.1 Å². The van der Waals surface area contributed by atoms with Crippen molar-refractivity contribution in [3.63, 3.8) is 0 Å². The molecule has 0 spiro atoms. The second kappa shape index (κ2) is 15.2. The lowest BCUT2D eigenvalue weighted by molar-refractivity contribution is -0.479. The number of carboxylic acids is 1. The number of hydrogen-bond donors (Lipinski definition) is 2. The summed E-state index contributed by atoms with van der Waals surface area (Å²) in [6.45, 7) is -0.351. The van der Waals surface area contributed by atoms with Gasteiger partial charge in [0.05, 0.1) is 10.00 Å². The van der Waals surface area contributed by atoms with E-state index in [1.165, 1.54) is 11.8 Å². The van der Waals surface area contributed by atoms with Gasteiger partial charge < -0.3 is 15.2 Å². The largest absolute Gasteiger partial charge is 0.480 e. The van der Waals surface area contributed by atoms with Crippen molar-refractivity contribution in [2.45, 2.75) is 34.8 Å². The molecule has 0 saturated heterocycles. The van der Waals surface area contributed by atoms with E-state index in [-0.39, 0.29) is 30.3 Å². The van der Waals surface area contributed by atoms with Gasteiger partial charge in [-0.25, -0.2) is 9.59 Å². The Morgan fingerprint density at radius 3 is 1.63 bits per heavy atom. The molecule has 0 saturated carbocycles. The zero-order chi connectivity index (χ0) is 34.2. The minimum Gasteiger partial charge on any atom is -0.480 e. The fourth-order valence-corrected chi connectivity index (χ4v) is 8.49. The number of carboxylic acid groups (broad SMARTS) is 1. The van der Waals surface area contributed by atoms with Crippen molar-refractivity contribution < 1.29 is 24.4 Å². The van der Waals surface area contributed by atoms with Crippen molar-refractivity contribution in [1.29, 1.82) is 0 Å². The van der Waals surface area contributed by atoms with Gasteiger partial charge in [-0.15, -0.1) is 11.8 Å². The van der Waals surface area contributed by atoms with Crippen molar-refractivity contribution >= 4 is 23.8 Å². The van der Waals surface area contributed by atoms with E-state index in [0.29, 0.717) is 0 Å². The Kier molecular flexibility index (Phi) is 10.4. The van der Waals surface area contributed by atoms with Crippen LogP contribution in [0.1, 0.15) is 46.6 Å². The molecule has 9 heteroatoms. The normalized spacial score (nSPS) is 13.5. The number of benzene rings is 5. The van der Waals surface area contributed by atoms with E-state index >= 15 is 0 Å². The number of nitrogens with one attached hydrogen (secondary N) is 1. The second-order valence-electron chi connectivity index (χ2n) is 12.0. The lowest BCUT2D eigenvalue weighted by atomic mass is 9.84. The number of nitrogens with zero attached hydrogens (tertiary/aromatic N) is 1. The quantitative estimate of drug-likeness (QED) is 0.0695. The predicted molar refractivity (Wildman–Crippen MR) is 191 cm³/mol. The number of amides is 1. The average molecular weight is 673 g/mol. The monoisotopic (exact) mass is 672 g/mol. The van der Waals surface area contributed by atoms with Crippen LogP contribution < -0.4 is 5.32 Å². The molecule has 0 heterocycles. The summed E-state index contributed by atoms with van der Waals surface area (Å²) >= 11 is 1.43. The van der Waals surface area contributed by atoms with Crippen molar-refractivity contribution in [2.24, 2.45) is 0 Å². The third-order valence-electron chi connectivity index (χ3n) is 8.95. The highest BCUT2D eigenvalue weighted by Gasteiger charge is 2.41. The zero-order valence-electron chi connectivity index (χ0n) is 26.7. The van der Waals surface area contributed by atoms with Gasteiger partial charge in [0.2, 0.25) is 6.54 Å². The van der Waals surface area contributed by atoms with Crippen LogP contribution >= 0.6 is 11.8 Å². The first kappa shape index (κ1) is 33.5. The average Bonchev–Trinajstić information content (AvgIpc) is 3.45. The predicted octanol–water partition coefficient (Wildman–Crippen LogP) is 8.13. The molecule has 1 aliphatic carbocycles. The molecular formula is C40H36N2O6S. The van der Waals surface area contributed by atoms with Crippen LogP contribution in [-0.4, -0.2) is 46.5 Å². The number of rotatable bonds is 14. The van der Waals surface area contributed by atoms with Gasteiger partial charge in [-0.2, -0.15) is 0 Å². The number of alkyl carbamates (subject to hydrolysis) is 1. The summed E-state index contributed by atoms with van der Waals surface area (Å²) in [6, 6.07) is 44.1. The molecule has 49 heavy (non-hydrogen) atoms. The van der Waals surface area contributed by atoms with E-state index in [2.05, 4.69) is 5.32 Å². The van der Waals surface area contributed by atoms with Crippen LogP contribution in [0.3, 0.4) is 0 Å². The molecular weight excluding hydrogens is 637 g/mol. The Hall–Kier alpha value is -5.41. The highest BCUT2D eigenvalue weighted by molar-refractivity contribution is 8.01. The van der Waals surface area contributed by atoms with Gasteiger partial charge in [0.25, 0.3) is 0 Å². The molecule has 1 amide bonds. The third kappa shape index (κ3) is 7.37. The first-order valence-corrected chi connectivity index (χ1v) is 17.0. The van der Waals surface area contributed by atoms with Gasteiger partial charge in [0.15, 0.2) is 0 Å². The Morgan fingerprint density at radius 1 is 0.735 bits per heavy atom. The highest BCUT2D eigenvalue weighted by Crippen LogP contribution is 2.51. The molecule has 5 aromatic carbocycles. The maximum Gasteiger partial charge on any atom is 0.407 e. The summed E-state index contributed by atoms with van der Waals surface area (Å²) in [4.78, 5) is 37.1. The SMILES string of the molecule is O=C(N[C@@H](CCC(C[N+](=O)[O-])SC(c1ccccc1)(c1ccccc1)c1ccccc1)C(=O)O)OCC1c2ccccc2-c2ccccc21. The van der Waals surface area contributed by atoms with Gasteiger partial charge >= 0.3 is 12.1 Å². The molecule has 0 fully saturated rings. The Morgan fingerprint density at radius 2 is 1.18 bits per heavy atom. The van der Waals surface area contributed by atoms with Crippen molar-refractivity contribution in [1.82, 2.24) is 5.32 Å². The van der Waals surface area contributed by atoms with E-state index in [1.807, 2.05) is 140 Å². The van der Waals surface area contributed by atoms with Gasteiger partial charge in [-0.1, -0.05) is 140 Å². The van der Waals surface area contributed by atoms with E-state index in [4.69, 9.17) is 4.74 Å². The topological polar surface area (TPSA) is 119 Å². The fourth-order valence-electron chi connectivity index (χ4n) is 6.72. The Balaban J connectivity index is 1.21. The third-order valence-corrected chi connectivity index (χ3v) is 10.7. The molecule has 2 N–H and O–H groups in total. The summed E-state index contributed by atoms with van der Waals surface area (Å²) in [6.07, 6.45) is -0.722. The van der Waals surface area contributed by atoms with Crippen LogP contribution in [0, 0.1) is 10.1 Å². The van der Waals surface area contributed by atoms with Crippen LogP contribution in [0.15, 0.2) is 140 Å². The highest BCUT2D eigenvalue weighted by atomic mass is 32.2. The van der Waals surface area contributed by atoms with Crippen LogP contribution in [0.4, 0.5) is 4.79 Å². The molecule has 6 rings (SSSR count). The molecule has 8 nitrogen and oxygen atoms in total. The van der Waals surface area contributed by atoms with Crippen molar-refractivity contribution in [3.8, 4) is 11.1 Å². The maximum absolute atomic E-state index is 13.0. The standard InChI is InChI=1S/C40H36N2O6S/c43-38(44)37(41-39(45)48-27-36-34-22-12-10-20-32(34)33-21-11-13-23-35(33)36)25-24-31(26-42(46)47)49-40(28-14-4-1-5-15-28,29-16-6-2-7-17-29)30-18-8-3-9-19-30/h1-23,31,36-37H,24-27H2,(H,41,45)(H,43,44)/t31?,37-/m0/s1. The number of carbonyl (C=O) groups is 2. The number of hydrogen-bond acceptors (Lipinski definition) is 6. The van der Waals surface area contributed by atoms with Crippen molar-refractivity contribution in [2.75, 3.05) is 13.2 Å². The van der Waals surface area contributed by atoms with Crippen LogP contribution in [0.25, 0.3) is 11.1 Å². The van der Waals surface area contributed by atoms with E-state index in [9.17, 15) is 24.8 Å². The minimum absolute atomic E-state index is 0.0283. The van der Waals surface area contributed by atoms with E-state index in [1.54, 1.807) is 0 Å². The fraction of sp³-hybridized carbons (Fsp3) is 0.200. The van der Waals surface area contributed by atoms with E-state index < -0.39 is 34.6 Å². The number of thioether (sulfide) groups is 1. The first-order valence-electron chi connectivity index (χ1n) is 16.2. The summed E-state index contributed by atoms with van der Waals surface area (Å²) in [5.41, 5.74) is 7.09. The van der Waals surface area contributed by atoms with Crippen LogP contribution in [-0.2, 0) is 14.3 Å². The number of ether oxygens (including phenoxy) is 1. The number of carbonyl (C=O) groups excluding carboxylic acids is 1. The molecule has 1 aliphatic rings. The van der Waals surface area contributed by atoms with Gasteiger partial charge in [-0.05, 0) is 51.8 Å². The lowest BCUT2D eigenvalue weighted by Gasteiger charge is -2.37. The molecule has 248 valence electrons. The Labute approximate surface area is 289 Å². The smallest absolute Gasteiger partial charge is 0.407 e. The van der Waals surface area contributed by atoms with Gasteiger partial charge in [0, 0.05) is 10.8 Å². The second-order valence-corrected chi connectivity index (χ2v) is 13.5. The van der Waals surface area contributed by atoms with Crippen molar-refractivity contribution in [3.05, 3.63) is 177 Å². The summed E-state index contributed by atoms with van der Waals surface area (Å²) in [7, 11) is 0. The van der Waals surface area contributed by atoms with E-state index in [0.717, 1.165) is 38.9 Å².